The molecule has 0 saturated heterocycles. The first kappa shape index (κ1) is 14.6. The highest BCUT2D eigenvalue weighted by Gasteiger charge is 2.23. The van der Waals surface area contributed by atoms with Crippen molar-refractivity contribution in [3.63, 3.8) is 0 Å². The van der Waals surface area contributed by atoms with Gasteiger partial charge in [-0.1, -0.05) is 0 Å². The molecule has 0 unspecified atom stereocenters. The Labute approximate surface area is 120 Å². The van der Waals surface area contributed by atoms with E-state index in [9.17, 15) is 19.3 Å². The van der Waals surface area contributed by atoms with Crippen LogP contribution in [-0.4, -0.2) is 27.8 Å². The number of pyridine rings is 1. The van der Waals surface area contributed by atoms with E-state index in [1.807, 2.05) is 0 Å². The van der Waals surface area contributed by atoms with Crippen LogP contribution in [0.2, 0.25) is 0 Å². The molecule has 1 heterocycles. The molecule has 0 radical (unpaired) electrons. The maximum Gasteiger partial charge on any atom is 0.282 e. The first-order valence-corrected chi connectivity index (χ1v) is 6.07. The van der Waals surface area contributed by atoms with Gasteiger partial charge < -0.3 is 4.90 Å². The number of halogens is 1. The molecule has 0 bridgehead atoms. The molecule has 7 heteroatoms. The Balaban J connectivity index is 2.27. The van der Waals surface area contributed by atoms with Crippen LogP contribution in [0.4, 0.5) is 10.1 Å². The number of hydrogen-bond donors (Lipinski definition) is 0. The van der Waals surface area contributed by atoms with Crippen molar-refractivity contribution in [2.45, 2.75) is 6.54 Å². The molecule has 0 saturated carbocycles. The van der Waals surface area contributed by atoms with Crippen LogP contribution in [-0.2, 0) is 6.54 Å². The van der Waals surface area contributed by atoms with Gasteiger partial charge in [0.25, 0.3) is 11.6 Å². The van der Waals surface area contributed by atoms with Crippen molar-refractivity contribution in [1.29, 1.82) is 0 Å². The van der Waals surface area contributed by atoms with Crippen molar-refractivity contribution in [3.05, 3.63) is 69.8 Å². The summed E-state index contributed by atoms with van der Waals surface area (Å²) in [5, 5.41) is 10.9. The number of amides is 1. The zero-order chi connectivity index (χ0) is 15.4. The first-order valence-electron chi connectivity index (χ1n) is 6.07. The lowest BCUT2D eigenvalue weighted by Crippen LogP contribution is -2.27. The Morgan fingerprint density at radius 3 is 2.62 bits per heavy atom. The van der Waals surface area contributed by atoms with Gasteiger partial charge in [0.1, 0.15) is 11.4 Å². The molecule has 1 aromatic carbocycles. The van der Waals surface area contributed by atoms with E-state index in [4.69, 9.17) is 0 Å². The van der Waals surface area contributed by atoms with E-state index in [2.05, 4.69) is 4.98 Å². The normalized spacial score (nSPS) is 10.2. The summed E-state index contributed by atoms with van der Waals surface area (Å²) in [7, 11) is 1.50. The van der Waals surface area contributed by atoms with E-state index in [0.717, 1.165) is 23.8 Å². The highest BCUT2D eigenvalue weighted by molar-refractivity contribution is 5.98. The maximum atomic E-state index is 13.3. The summed E-state index contributed by atoms with van der Waals surface area (Å²) in [5.41, 5.74) is 0.138. The van der Waals surface area contributed by atoms with Crippen molar-refractivity contribution in [2.75, 3.05) is 7.05 Å². The Morgan fingerprint density at radius 1 is 1.33 bits per heavy atom. The second-order valence-electron chi connectivity index (χ2n) is 4.44. The van der Waals surface area contributed by atoms with E-state index in [0.29, 0.717) is 0 Å². The molecule has 0 atom stereocenters. The van der Waals surface area contributed by atoms with Gasteiger partial charge in [0, 0.05) is 32.1 Å². The molecule has 0 N–H and O–H groups in total. The van der Waals surface area contributed by atoms with Gasteiger partial charge in [-0.25, -0.2) is 4.39 Å². The molecule has 0 aliphatic heterocycles. The lowest BCUT2D eigenvalue weighted by Gasteiger charge is -2.17. The summed E-state index contributed by atoms with van der Waals surface area (Å²) >= 11 is 0. The predicted octanol–water partition coefficient (Wildman–Crippen LogP) is 2.40. The van der Waals surface area contributed by atoms with E-state index >= 15 is 0 Å². The van der Waals surface area contributed by atoms with Gasteiger partial charge >= 0.3 is 0 Å². The van der Waals surface area contributed by atoms with Crippen LogP contribution in [0.5, 0.6) is 0 Å². The zero-order valence-electron chi connectivity index (χ0n) is 11.2. The van der Waals surface area contributed by atoms with Crippen LogP contribution in [0.1, 0.15) is 15.9 Å². The number of rotatable bonds is 4. The summed E-state index contributed by atoms with van der Waals surface area (Å²) in [6.45, 7) is 0.245. The Bertz CT molecular complexity index is 676. The van der Waals surface area contributed by atoms with Crippen molar-refractivity contribution in [3.8, 4) is 0 Å². The third-order valence-electron chi connectivity index (χ3n) is 2.90. The van der Waals surface area contributed by atoms with Crippen molar-refractivity contribution in [1.82, 2.24) is 9.88 Å². The van der Waals surface area contributed by atoms with Gasteiger partial charge in [0.05, 0.1) is 4.92 Å². The summed E-state index contributed by atoms with van der Waals surface area (Å²) < 4.78 is 13.3. The molecule has 21 heavy (non-hydrogen) atoms. The highest BCUT2D eigenvalue weighted by atomic mass is 19.1. The van der Waals surface area contributed by atoms with Gasteiger partial charge in [0.15, 0.2) is 0 Å². The van der Waals surface area contributed by atoms with Crippen molar-refractivity contribution < 1.29 is 14.1 Å². The lowest BCUT2D eigenvalue weighted by molar-refractivity contribution is -0.385. The van der Waals surface area contributed by atoms with Crippen molar-refractivity contribution in [2.24, 2.45) is 0 Å². The number of nitro benzene ring substituents is 1. The summed E-state index contributed by atoms with van der Waals surface area (Å²) in [6.07, 6.45) is 3.16. The lowest BCUT2D eigenvalue weighted by atomic mass is 10.1. The van der Waals surface area contributed by atoms with Crippen LogP contribution < -0.4 is 0 Å². The predicted molar refractivity (Wildman–Crippen MR) is 73.1 cm³/mol. The number of nitro groups is 1. The minimum Gasteiger partial charge on any atom is -0.337 e. The Kier molecular flexibility index (Phi) is 4.22. The van der Waals surface area contributed by atoms with Crippen LogP contribution in [0.3, 0.4) is 0 Å². The molecule has 2 rings (SSSR count). The molecule has 6 nitrogen and oxygen atoms in total. The fourth-order valence-electron chi connectivity index (χ4n) is 1.88. The standard InChI is InChI=1S/C14H12FN3O3/c1-17(9-10-4-6-16-7-5-10)14(19)12-8-11(15)2-3-13(12)18(20)21/h2-8H,9H2,1H3. The quantitative estimate of drug-likeness (QED) is 0.639. The Hall–Kier alpha value is -2.83. The molecule has 1 aromatic heterocycles. The van der Waals surface area contributed by atoms with E-state index in [1.54, 1.807) is 24.5 Å². The molecule has 1 amide bonds. The fourth-order valence-corrected chi connectivity index (χ4v) is 1.88. The van der Waals surface area contributed by atoms with Crippen LogP contribution in [0.25, 0.3) is 0 Å². The van der Waals surface area contributed by atoms with Crippen LogP contribution in [0, 0.1) is 15.9 Å². The van der Waals surface area contributed by atoms with Gasteiger partial charge in [-0.15, -0.1) is 0 Å². The maximum absolute atomic E-state index is 13.3. The van der Waals surface area contributed by atoms with Crippen LogP contribution in [0.15, 0.2) is 42.7 Å². The van der Waals surface area contributed by atoms with Gasteiger partial charge in [-0.05, 0) is 29.8 Å². The fraction of sp³-hybridized carbons (Fsp3) is 0.143. The number of aromatic nitrogens is 1. The molecular weight excluding hydrogens is 277 g/mol. The minimum atomic E-state index is -0.701. The molecule has 108 valence electrons. The van der Waals surface area contributed by atoms with Gasteiger partial charge in [0.2, 0.25) is 0 Å². The molecule has 0 fully saturated rings. The van der Waals surface area contributed by atoms with Crippen molar-refractivity contribution >= 4 is 11.6 Å². The largest absolute Gasteiger partial charge is 0.337 e. The first-order chi connectivity index (χ1) is 9.99. The number of benzene rings is 1. The van der Waals surface area contributed by atoms with Crippen LogP contribution >= 0.6 is 0 Å². The third kappa shape index (κ3) is 3.38. The number of hydrogen-bond acceptors (Lipinski definition) is 4. The molecule has 0 aliphatic rings. The number of nitrogens with zero attached hydrogens (tertiary/aromatic N) is 3. The van der Waals surface area contributed by atoms with E-state index < -0.39 is 22.3 Å². The SMILES string of the molecule is CN(Cc1ccncc1)C(=O)c1cc(F)ccc1[N+](=O)[O-]. The number of carbonyl (C=O) groups excluding carboxylic acids is 1. The van der Waals surface area contributed by atoms with Gasteiger partial charge in [-0.3, -0.25) is 19.9 Å². The third-order valence-corrected chi connectivity index (χ3v) is 2.90. The minimum absolute atomic E-state index is 0.245. The highest BCUT2D eigenvalue weighted by Crippen LogP contribution is 2.21. The smallest absolute Gasteiger partial charge is 0.282 e. The summed E-state index contributed by atoms with van der Waals surface area (Å²) in [4.78, 5) is 27.6. The van der Waals surface area contributed by atoms with E-state index in [1.165, 1.54) is 11.9 Å². The van der Waals surface area contributed by atoms with E-state index in [-0.39, 0.29) is 12.1 Å². The van der Waals surface area contributed by atoms with Gasteiger partial charge in [-0.2, -0.15) is 0 Å². The number of carbonyl (C=O) groups is 1. The monoisotopic (exact) mass is 289 g/mol. The summed E-state index contributed by atoms with van der Waals surface area (Å²) in [5.74, 6) is -1.31. The molecule has 0 spiro atoms. The molecule has 2 aromatic rings. The second-order valence-corrected chi connectivity index (χ2v) is 4.44. The summed E-state index contributed by atoms with van der Waals surface area (Å²) in [6, 6.07) is 6.28. The second kappa shape index (κ2) is 6.08. The average Bonchev–Trinajstić information content (AvgIpc) is 2.47. The molecule has 0 aliphatic carbocycles. The average molecular weight is 289 g/mol. The molecular formula is C14H12FN3O3. The zero-order valence-corrected chi connectivity index (χ0v) is 11.2. The Morgan fingerprint density at radius 2 is 2.00 bits per heavy atom. The topological polar surface area (TPSA) is 76.3 Å².